The van der Waals surface area contributed by atoms with Gasteiger partial charge in [-0.15, -0.1) is 0 Å². The molecule has 0 saturated carbocycles. The van der Waals surface area contributed by atoms with Crippen molar-refractivity contribution in [1.82, 2.24) is 0 Å². The van der Waals surface area contributed by atoms with Crippen LogP contribution in [0.3, 0.4) is 0 Å². The van der Waals surface area contributed by atoms with Crippen LogP contribution < -0.4 is 0 Å². The molecule has 0 heterocycles. The zero-order chi connectivity index (χ0) is 15.8. The number of thiol groups is 2. The first kappa shape index (κ1) is 21.7. The maximum absolute atomic E-state index is 4.76. The highest BCUT2D eigenvalue weighted by atomic mass is 32.1. The molecule has 0 nitrogen and oxygen atoms in total. The molecule has 128 valence electrons. The molecule has 0 bridgehead atoms. The average Bonchev–Trinajstić information content (AvgIpc) is 2.46. The van der Waals surface area contributed by atoms with Crippen LogP contribution in [0, 0.1) is 0 Å². The predicted octanol–water partition coefficient (Wildman–Crippen LogP) is 7.47. The second-order valence-electron chi connectivity index (χ2n) is 6.66. The van der Waals surface area contributed by atoms with E-state index in [9.17, 15) is 0 Å². The molecule has 0 radical (unpaired) electrons. The fourth-order valence-electron chi connectivity index (χ4n) is 2.87. The molecule has 0 fully saturated rings. The Morgan fingerprint density at radius 2 is 0.857 bits per heavy atom. The van der Waals surface area contributed by atoms with Crippen LogP contribution in [0.1, 0.15) is 110 Å². The molecule has 0 aromatic rings. The highest BCUT2D eigenvalue weighted by Crippen LogP contribution is 2.21. The largest absolute Gasteiger partial charge is 0.176 e. The van der Waals surface area contributed by atoms with Crippen molar-refractivity contribution in [3.8, 4) is 0 Å². The summed E-state index contributed by atoms with van der Waals surface area (Å²) in [5.41, 5.74) is 0. The van der Waals surface area contributed by atoms with Crippen LogP contribution in [0.25, 0.3) is 0 Å². The summed E-state index contributed by atoms with van der Waals surface area (Å²) in [5.74, 6) is 0. The molecular formula is C19H40S2. The molecule has 0 rings (SSSR count). The number of unbranched alkanes of at least 4 members (excludes halogenated alkanes) is 10. The van der Waals surface area contributed by atoms with Crippen molar-refractivity contribution in [3.05, 3.63) is 0 Å². The molecule has 0 aromatic carbocycles. The zero-order valence-corrected chi connectivity index (χ0v) is 16.4. The van der Waals surface area contributed by atoms with Gasteiger partial charge in [0.25, 0.3) is 0 Å². The van der Waals surface area contributed by atoms with Gasteiger partial charge in [0.2, 0.25) is 0 Å². The lowest BCUT2D eigenvalue weighted by Gasteiger charge is -2.16. The van der Waals surface area contributed by atoms with E-state index in [1.165, 1.54) is 96.3 Å². The Bertz CT molecular complexity index is 174. The van der Waals surface area contributed by atoms with E-state index in [0.29, 0.717) is 10.5 Å². The van der Waals surface area contributed by atoms with E-state index < -0.39 is 0 Å². The summed E-state index contributed by atoms with van der Waals surface area (Å²) in [7, 11) is 0. The molecule has 0 aliphatic carbocycles. The molecular weight excluding hydrogens is 292 g/mol. The minimum Gasteiger partial charge on any atom is -0.176 e. The number of hydrogen-bond donors (Lipinski definition) is 2. The van der Waals surface area contributed by atoms with Crippen molar-refractivity contribution < 1.29 is 0 Å². The first-order chi connectivity index (χ1) is 10.2. The highest BCUT2D eigenvalue weighted by molar-refractivity contribution is 7.81. The predicted molar refractivity (Wildman–Crippen MR) is 106 cm³/mol. The average molecular weight is 333 g/mol. The summed E-state index contributed by atoms with van der Waals surface area (Å²) < 4.78 is 0. The molecule has 0 aliphatic rings. The van der Waals surface area contributed by atoms with Gasteiger partial charge in [-0.2, -0.15) is 25.3 Å². The lowest BCUT2D eigenvalue weighted by molar-refractivity contribution is 0.544. The maximum atomic E-state index is 4.76. The van der Waals surface area contributed by atoms with Crippen molar-refractivity contribution >= 4 is 25.3 Å². The van der Waals surface area contributed by atoms with E-state index in [4.69, 9.17) is 25.3 Å². The molecule has 2 unspecified atom stereocenters. The van der Waals surface area contributed by atoms with E-state index in [-0.39, 0.29) is 0 Å². The summed E-state index contributed by atoms with van der Waals surface area (Å²) >= 11 is 9.51. The van der Waals surface area contributed by atoms with Crippen LogP contribution in [0.5, 0.6) is 0 Å². The number of hydrogen-bond acceptors (Lipinski definition) is 2. The van der Waals surface area contributed by atoms with Crippen LogP contribution in [0.4, 0.5) is 0 Å². The first-order valence-corrected chi connectivity index (χ1v) is 10.6. The van der Waals surface area contributed by atoms with Crippen molar-refractivity contribution in [1.29, 1.82) is 0 Å². The molecule has 21 heavy (non-hydrogen) atoms. The third-order valence-corrected chi connectivity index (χ3v) is 5.26. The van der Waals surface area contributed by atoms with E-state index in [1.807, 2.05) is 0 Å². The van der Waals surface area contributed by atoms with Gasteiger partial charge in [-0.1, -0.05) is 90.9 Å². The number of rotatable bonds is 16. The first-order valence-electron chi connectivity index (χ1n) is 9.56. The molecule has 0 aromatic heterocycles. The smallest absolute Gasteiger partial charge is 0.00272 e. The second-order valence-corrected chi connectivity index (χ2v) is 8.12. The maximum Gasteiger partial charge on any atom is 0.00272 e. The van der Waals surface area contributed by atoms with Crippen molar-refractivity contribution in [3.63, 3.8) is 0 Å². The summed E-state index contributed by atoms with van der Waals surface area (Å²) in [5, 5.41) is 1.14. The van der Waals surface area contributed by atoms with Crippen LogP contribution in [-0.4, -0.2) is 10.5 Å². The van der Waals surface area contributed by atoms with Crippen LogP contribution in [0.2, 0.25) is 0 Å². The SMILES string of the molecule is CCCCCCCCC(S)CC(S)CCCCCCCC. The monoisotopic (exact) mass is 332 g/mol. The summed E-state index contributed by atoms with van der Waals surface area (Å²) in [6.07, 6.45) is 20.4. The Kier molecular flexibility index (Phi) is 17.6. The van der Waals surface area contributed by atoms with E-state index >= 15 is 0 Å². The fraction of sp³-hybridized carbons (Fsp3) is 1.00. The second kappa shape index (κ2) is 17.1. The van der Waals surface area contributed by atoms with Gasteiger partial charge >= 0.3 is 0 Å². The van der Waals surface area contributed by atoms with Gasteiger partial charge in [0, 0.05) is 10.5 Å². The van der Waals surface area contributed by atoms with Gasteiger partial charge in [0.15, 0.2) is 0 Å². The molecule has 0 spiro atoms. The minimum atomic E-state index is 0.568. The molecule has 2 atom stereocenters. The third kappa shape index (κ3) is 16.9. The summed E-state index contributed by atoms with van der Waals surface area (Å²) in [6.45, 7) is 4.56. The minimum absolute atomic E-state index is 0.568. The van der Waals surface area contributed by atoms with Gasteiger partial charge in [-0.3, -0.25) is 0 Å². The Labute approximate surface area is 146 Å². The molecule has 0 N–H and O–H groups in total. The Morgan fingerprint density at radius 1 is 0.524 bits per heavy atom. The van der Waals surface area contributed by atoms with Gasteiger partial charge in [-0.25, -0.2) is 0 Å². The van der Waals surface area contributed by atoms with Crippen molar-refractivity contribution in [2.24, 2.45) is 0 Å². The standard InChI is InChI=1S/C19H40S2/c1-3-5-7-9-11-13-15-18(20)17-19(21)16-14-12-10-8-6-4-2/h18-21H,3-17H2,1-2H3. The topological polar surface area (TPSA) is 0 Å². The van der Waals surface area contributed by atoms with Crippen LogP contribution in [0.15, 0.2) is 0 Å². The van der Waals surface area contributed by atoms with Gasteiger partial charge in [0.1, 0.15) is 0 Å². The zero-order valence-electron chi connectivity index (χ0n) is 14.7. The molecule has 0 amide bonds. The van der Waals surface area contributed by atoms with E-state index in [0.717, 1.165) is 0 Å². The summed E-state index contributed by atoms with van der Waals surface area (Å²) in [4.78, 5) is 0. The van der Waals surface area contributed by atoms with Crippen molar-refractivity contribution in [2.75, 3.05) is 0 Å². The van der Waals surface area contributed by atoms with E-state index in [1.54, 1.807) is 0 Å². The van der Waals surface area contributed by atoms with Crippen LogP contribution in [-0.2, 0) is 0 Å². The lowest BCUT2D eigenvalue weighted by Crippen LogP contribution is -2.09. The lowest BCUT2D eigenvalue weighted by atomic mass is 10.0. The van der Waals surface area contributed by atoms with E-state index in [2.05, 4.69) is 13.8 Å². The quantitative estimate of drug-likeness (QED) is 0.212. The Morgan fingerprint density at radius 3 is 1.24 bits per heavy atom. The molecule has 0 saturated heterocycles. The fourth-order valence-corrected chi connectivity index (χ4v) is 3.91. The summed E-state index contributed by atoms with van der Waals surface area (Å²) in [6, 6.07) is 0. The third-order valence-electron chi connectivity index (χ3n) is 4.33. The Hall–Kier alpha value is 0.700. The normalized spacial score (nSPS) is 14.3. The van der Waals surface area contributed by atoms with Crippen LogP contribution >= 0.6 is 25.3 Å². The van der Waals surface area contributed by atoms with Gasteiger partial charge in [0.05, 0.1) is 0 Å². The van der Waals surface area contributed by atoms with Gasteiger partial charge in [-0.05, 0) is 19.3 Å². The highest BCUT2D eigenvalue weighted by Gasteiger charge is 2.10. The Balaban J connectivity index is 3.33. The molecule has 2 heteroatoms. The van der Waals surface area contributed by atoms with Crippen molar-refractivity contribution in [2.45, 2.75) is 121 Å². The van der Waals surface area contributed by atoms with Gasteiger partial charge < -0.3 is 0 Å². The molecule has 0 aliphatic heterocycles.